The first-order chi connectivity index (χ1) is 13.7. The van der Waals surface area contributed by atoms with E-state index in [9.17, 15) is 19.7 Å². The van der Waals surface area contributed by atoms with Crippen molar-refractivity contribution in [3.63, 3.8) is 0 Å². The summed E-state index contributed by atoms with van der Waals surface area (Å²) in [4.78, 5) is 36.1. The quantitative estimate of drug-likeness (QED) is 0.284. The molecule has 0 N–H and O–H groups in total. The molecule has 2 aromatic rings. The molecule has 0 aliphatic rings. The van der Waals surface area contributed by atoms with Gasteiger partial charge in [0.05, 0.1) is 24.7 Å². The highest BCUT2D eigenvalue weighted by Crippen LogP contribution is 2.35. The molecule has 0 unspecified atom stereocenters. The average Bonchev–Trinajstić information content (AvgIpc) is 2.68. The average molecular weight is 401 g/mol. The minimum atomic E-state index is -1.12. The van der Waals surface area contributed by atoms with E-state index < -0.39 is 22.7 Å². The highest BCUT2D eigenvalue weighted by Gasteiger charge is 2.29. The van der Waals surface area contributed by atoms with Crippen LogP contribution in [0.25, 0.3) is 0 Å². The van der Waals surface area contributed by atoms with E-state index in [0.29, 0.717) is 5.56 Å². The number of nitro groups is 1. The minimum absolute atomic E-state index is 0.137. The Bertz CT molecular complexity index is 952. The van der Waals surface area contributed by atoms with Gasteiger partial charge >= 0.3 is 5.97 Å². The van der Waals surface area contributed by atoms with Gasteiger partial charge in [-0.05, 0) is 39.3 Å². The summed E-state index contributed by atoms with van der Waals surface area (Å²) in [6, 6.07) is 7.68. The van der Waals surface area contributed by atoms with Crippen LogP contribution in [0, 0.1) is 24.0 Å². The highest BCUT2D eigenvalue weighted by atomic mass is 16.6. The lowest BCUT2D eigenvalue weighted by molar-refractivity contribution is -0.385. The van der Waals surface area contributed by atoms with Gasteiger partial charge in [0.15, 0.2) is 17.6 Å². The van der Waals surface area contributed by atoms with Crippen LogP contribution < -0.4 is 9.47 Å². The molecule has 0 spiro atoms. The van der Waals surface area contributed by atoms with Crippen LogP contribution in [0.3, 0.4) is 0 Å². The van der Waals surface area contributed by atoms with Crippen molar-refractivity contribution >= 4 is 17.4 Å². The van der Waals surface area contributed by atoms with E-state index >= 15 is 0 Å². The minimum Gasteiger partial charge on any atom is -0.493 e. The summed E-state index contributed by atoms with van der Waals surface area (Å²) in [7, 11) is 1.35. The molecule has 29 heavy (non-hydrogen) atoms. The van der Waals surface area contributed by atoms with Gasteiger partial charge < -0.3 is 14.2 Å². The number of hydrogen-bond donors (Lipinski definition) is 0. The molecule has 2 aromatic carbocycles. The van der Waals surface area contributed by atoms with Crippen molar-refractivity contribution < 1.29 is 28.7 Å². The number of esters is 1. The molecular weight excluding hydrogens is 378 g/mol. The number of ketones is 1. The zero-order chi connectivity index (χ0) is 21.7. The van der Waals surface area contributed by atoms with E-state index in [0.717, 1.165) is 17.2 Å². The van der Waals surface area contributed by atoms with Crippen LogP contribution in [0.1, 0.15) is 45.7 Å². The first-order valence-corrected chi connectivity index (χ1v) is 9.01. The predicted octanol–water partition coefficient (Wildman–Crippen LogP) is 4.05. The van der Waals surface area contributed by atoms with E-state index in [-0.39, 0.29) is 29.5 Å². The normalized spacial score (nSPS) is 11.5. The molecule has 0 aliphatic heterocycles. The molecule has 0 aromatic heterocycles. The zero-order valence-electron chi connectivity index (χ0n) is 17.0. The molecule has 1 atom stereocenters. The maximum Gasteiger partial charge on any atom is 0.346 e. The Morgan fingerprint density at radius 2 is 1.79 bits per heavy atom. The highest BCUT2D eigenvalue weighted by molar-refractivity contribution is 6.03. The van der Waals surface area contributed by atoms with Crippen molar-refractivity contribution in [3.8, 4) is 11.5 Å². The Balaban J connectivity index is 2.35. The number of Topliss-reactive ketones (excluding diaryl/α,β-unsaturated/α-hetero) is 1. The van der Waals surface area contributed by atoms with E-state index in [1.54, 1.807) is 26.0 Å². The van der Waals surface area contributed by atoms with Crippen molar-refractivity contribution in [2.24, 2.45) is 0 Å². The van der Waals surface area contributed by atoms with Crippen LogP contribution in [0.2, 0.25) is 0 Å². The summed E-state index contributed by atoms with van der Waals surface area (Å²) in [5.74, 6) is -1.10. The van der Waals surface area contributed by atoms with Gasteiger partial charge in [-0.15, -0.1) is 0 Å². The summed E-state index contributed by atoms with van der Waals surface area (Å²) in [6.07, 6.45) is -1.12. The smallest absolute Gasteiger partial charge is 0.346 e. The SMILES string of the molecule is CCOc1cc([N+](=O)[O-])c(C(=O)O[C@@H](C)C(=O)c2cc(C)ccc2C)cc1OC. The molecule has 0 amide bonds. The van der Waals surface area contributed by atoms with Gasteiger partial charge in [0.25, 0.3) is 5.69 Å². The fourth-order valence-electron chi connectivity index (χ4n) is 2.79. The molecule has 8 nitrogen and oxygen atoms in total. The van der Waals surface area contributed by atoms with E-state index in [1.807, 2.05) is 13.0 Å². The fourth-order valence-corrected chi connectivity index (χ4v) is 2.79. The lowest BCUT2D eigenvalue weighted by Gasteiger charge is -2.15. The van der Waals surface area contributed by atoms with Crippen LogP contribution >= 0.6 is 0 Å². The number of carbonyl (C=O) groups excluding carboxylic acids is 2. The third-order valence-electron chi connectivity index (χ3n) is 4.31. The maximum atomic E-state index is 12.7. The van der Waals surface area contributed by atoms with Crippen molar-refractivity contribution in [1.82, 2.24) is 0 Å². The molecule has 2 rings (SSSR count). The van der Waals surface area contributed by atoms with Crippen LogP contribution in [0.15, 0.2) is 30.3 Å². The first-order valence-electron chi connectivity index (χ1n) is 9.01. The Kier molecular flexibility index (Phi) is 6.93. The second-order valence-corrected chi connectivity index (χ2v) is 6.44. The second-order valence-electron chi connectivity index (χ2n) is 6.44. The molecule has 0 radical (unpaired) electrons. The third kappa shape index (κ3) is 4.90. The van der Waals surface area contributed by atoms with Crippen molar-refractivity contribution in [3.05, 3.63) is 62.7 Å². The molecule has 8 heteroatoms. The van der Waals surface area contributed by atoms with E-state index in [1.165, 1.54) is 20.1 Å². The Morgan fingerprint density at radius 3 is 2.38 bits per heavy atom. The number of hydrogen-bond acceptors (Lipinski definition) is 7. The van der Waals surface area contributed by atoms with Crippen LogP contribution in [0.4, 0.5) is 5.69 Å². The Hall–Kier alpha value is -3.42. The summed E-state index contributed by atoms with van der Waals surface area (Å²) in [5, 5.41) is 11.4. The second kappa shape index (κ2) is 9.18. The lowest BCUT2D eigenvalue weighted by Crippen LogP contribution is -2.25. The van der Waals surface area contributed by atoms with Gasteiger partial charge in [-0.25, -0.2) is 4.79 Å². The van der Waals surface area contributed by atoms with Crippen molar-refractivity contribution in [1.29, 1.82) is 0 Å². The predicted molar refractivity (Wildman–Crippen MR) is 106 cm³/mol. The number of nitro benzene ring substituents is 1. The zero-order valence-corrected chi connectivity index (χ0v) is 17.0. The fraction of sp³-hybridized carbons (Fsp3) is 0.333. The number of ether oxygens (including phenoxy) is 3. The van der Waals surface area contributed by atoms with Crippen LogP contribution in [-0.2, 0) is 4.74 Å². The van der Waals surface area contributed by atoms with Crippen LogP contribution in [0.5, 0.6) is 11.5 Å². The van der Waals surface area contributed by atoms with Crippen molar-refractivity contribution in [2.45, 2.75) is 33.8 Å². The van der Waals surface area contributed by atoms with Gasteiger partial charge in [0.2, 0.25) is 5.78 Å². The number of rotatable bonds is 8. The number of benzene rings is 2. The molecule has 0 bridgehead atoms. The summed E-state index contributed by atoms with van der Waals surface area (Å²) < 4.78 is 15.7. The van der Waals surface area contributed by atoms with Gasteiger partial charge in [0, 0.05) is 11.6 Å². The van der Waals surface area contributed by atoms with Gasteiger partial charge in [0.1, 0.15) is 5.56 Å². The molecule has 0 fully saturated rings. The third-order valence-corrected chi connectivity index (χ3v) is 4.31. The maximum absolute atomic E-state index is 12.7. The monoisotopic (exact) mass is 401 g/mol. The standard InChI is InChI=1S/C21H23NO7/c1-6-28-19-11-17(22(25)26)16(10-18(19)27-5)21(24)29-14(4)20(23)15-9-12(2)7-8-13(15)3/h7-11,14H,6H2,1-5H3/t14-/m0/s1. The van der Waals surface area contributed by atoms with Gasteiger partial charge in [-0.2, -0.15) is 0 Å². The molecule has 0 saturated carbocycles. The Labute approximate surface area is 168 Å². The van der Waals surface area contributed by atoms with Crippen LogP contribution in [-0.4, -0.2) is 36.5 Å². The summed E-state index contributed by atoms with van der Waals surface area (Å²) in [5.41, 5.74) is 1.26. The number of carbonyl (C=O) groups is 2. The molecule has 0 aliphatic carbocycles. The molecule has 0 saturated heterocycles. The number of methoxy groups -OCH3 is 1. The Morgan fingerprint density at radius 1 is 1.10 bits per heavy atom. The summed E-state index contributed by atoms with van der Waals surface area (Å²) >= 11 is 0. The van der Waals surface area contributed by atoms with E-state index in [4.69, 9.17) is 14.2 Å². The van der Waals surface area contributed by atoms with Gasteiger partial charge in [-0.1, -0.05) is 17.7 Å². The number of nitrogens with zero attached hydrogens (tertiary/aromatic N) is 1. The van der Waals surface area contributed by atoms with Gasteiger partial charge in [-0.3, -0.25) is 14.9 Å². The lowest BCUT2D eigenvalue weighted by atomic mass is 9.99. The topological polar surface area (TPSA) is 105 Å². The molecule has 154 valence electrons. The molecular formula is C21H23NO7. The number of aryl methyl sites for hydroxylation is 2. The summed E-state index contributed by atoms with van der Waals surface area (Å²) in [6.45, 7) is 7.04. The molecule has 0 heterocycles. The van der Waals surface area contributed by atoms with E-state index in [2.05, 4.69) is 0 Å². The largest absolute Gasteiger partial charge is 0.493 e. The first kappa shape index (κ1) is 21.9. The van der Waals surface area contributed by atoms with Crippen molar-refractivity contribution in [2.75, 3.05) is 13.7 Å².